The first-order valence-corrected chi connectivity index (χ1v) is 5.36. The standard InChI is InChI=1S/C10H8N4S/c1-7-4-8-9(14-3-2-11-6-14)12-5-13-10(8)15-7/h2-6H,1H3. The fraction of sp³-hybridized carbons (Fsp3) is 0.100. The van der Waals surface area contributed by atoms with Crippen molar-refractivity contribution in [3.8, 4) is 5.82 Å². The Balaban J connectivity index is 2.35. The zero-order chi connectivity index (χ0) is 10.3. The molecule has 5 heteroatoms. The predicted octanol–water partition coefficient (Wildman–Crippen LogP) is 2.19. The first-order valence-electron chi connectivity index (χ1n) is 4.54. The summed E-state index contributed by atoms with van der Waals surface area (Å²) in [7, 11) is 0. The lowest BCUT2D eigenvalue weighted by molar-refractivity contribution is 0.995. The van der Waals surface area contributed by atoms with Crippen LogP contribution in [0.5, 0.6) is 0 Å². The Morgan fingerprint density at radius 1 is 1.33 bits per heavy atom. The topological polar surface area (TPSA) is 43.6 Å². The van der Waals surface area contributed by atoms with Crippen molar-refractivity contribution in [2.24, 2.45) is 0 Å². The number of hydrogen-bond donors (Lipinski definition) is 0. The summed E-state index contributed by atoms with van der Waals surface area (Å²) in [5.41, 5.74) is 0. The van der Waals surface area contributed by atoms with E-state index in [2.05, 4.69) is 27.9 Å². The number of nitrogens with zero attached hydrogens (tertiary/aromatic N) is 4. The average molecular weight is 216 g/mol. The van der Waals surface area contributed by atoms with Gasteiger partial charge in [-0.1, -0.05) is 0 Å². The first kappa shape index (κ1) is 8.55. The summed E-state index contributed by atoms with van der Waals surface area (Å²) in [6, 6.07) is 2.11. The van der Waals surface area contributed by atoms with Crippen LogP contribution >= 0.6 is 11.3 Å². The Morgan fingerprint density at radius 2 is 2.27 bits per heavy atom. The molecular weight excluding hydrogens is 208 g/mol. The number of fused-ring (bicyclic) bond motifs is 1. The van der Waals surface area contributed by atoms with Gasteiger partial charge in [-0.25, -0.2) is 15.0 Å². The summed E-state index contributed by atoms with van der Waals surface area (Å²) in [6.45, 7) is 2.07. The maximum atomic E-state index is 4.28. The van der Waals surface area contributed by atoms with Crippen LogP contribution in [0.3, 0.4) is 0 Å². The fourth-order valence-corrected chi connectivity index (χ4v) is 2.40. The highest BCUT2D eigenvalue weighted by Crippen LogP contribution is 2.26. The van der Waals surface area contributed by atoms with E-state index in [1.165, 1.54) is 4.88 Å². The van der Waals surface area contributed by atoms with E-state index in [0.717, 1.165) is 16.0 Å². The molecule has 0 aliphatic carbocycles. The van der Waals surface area contributed by atoms with Gasteiger partial charge in [0.25, 0.3) is 0 Å². The van der Waals surface area contributed by atoms with Gasteiger partial charge < -0.3 is 0 Å². The molecular formula is C10H8N4S. The molecule has 0 N–H and O–H groups in total. The summed E-state index contributed by atoms with van der Waals surface area (Å²) < 4.78 is 1.90. The van der Waals surface area contributed by atoms with E-state index in [1.54, 1.807) is 30.2 Å². The monoisotopic (exact) mass is 216 g/mol. The van der Waals surface area contributed by atoms with Gasteiger partial charge >= 0.3 is 0 Å². The zero-order valence-electron chi connectivity index (χ0n) is 8.08. The lowest BCUT2D eigenvalue weighted by Crippen LogP contribution is -1.94. The molecule has 15 heavy (non-hydrogen) atoms. The van der Waals surface area contributed by atoms with E-state index in [0.29, 0.717) is 0 Å². The molecule has 3 rings (SSSR count). The molecule has 0 bridgehead atoms. The Hall–Kier alpha value is -1.75. The van der Waals surface area contributed by atoms with Crippen LogP contribution in [0.4, 0.5) is 0 Å². The van der Waals surface area contributed by atoms with Crippen molar-refractivity contribution in [1.82, 2.24) is 19.5 Å². The summed E-state index contributed by atoms with van der Waals surface area (Å²) in [4.78, 5) is 14.8. The second-order valence-electron chi connectivity index (χ2n) is 3.24. The van der Waals surface area contributed by atoms with Crippen molar-refractivity contribution < 1.29 is 0 Å². The summed E-state index contributed by atoms with van der Waals surface area (Å²) in [5, 5.41) is 1.08. The summed E-state index contributed by atoms with van der Waals surface area (Å²) in [6.07, 6.45) is 6.96. The molecule has 0 fully saturated rings. The largest absolute Gasteiger partial charge is 0.290 e. The van der Waals surface area contributed by atoms with Crippen molar-refractivity contribution in [2.75, 3.05) is 0 Å². The molecule has 0 saturated heterocycles. The molecule has 74 valence electrons. The number of aromatic nitrogens is 4. The molecule has 4 nitrogen and oxygen atoms in total. The molecule has 3 heterocycles. The van der Waals surface area contributed by atoms with Gasteiger partial charge in [0, 0.05) is 17.3 Å². The smallest absolute Gasteiger partial charge is 0.150 e. The molecule has 0 aromatic carbocycles. The summed E-state index contributed by atoms with van der Waals surface area (Å²) >= 11 is 1.68. The second kappa shape index (κ2) is 3.13. The van der Waals surface area contributed by atoms with Gasteiger partial charge in [0.2, 0.25) is 0 Å². The van der Waals surface area contributed by atoms with Crippen molar-refractivity contribution in [3.05, 3.63) is 36.0 Å². The van der Waals surface area contributed by atoms with Gasteiger partial charge in [-0.2, -0.15) is 0 Å². The third-order valence-corrected chi connectivity index (χ3v) is 3.14. The van der Waals surface area contributed by atoms with Gasteiger partial charge in [0.1, 0.15) is 23.3 Å². The maximum Gasteiger partial charge on any atom is 0.150 e. The van der Waals surface area contributed by atoms with Crippen molar-refractivity contribution in [3.63, 3.8) is 0 Å². The zero-order valence-corrected chi connectivity index (χ0v) is 8.90. The number of thiophene rings is 1. The van der Waals surface area contributed by atoms with E-state index in [4.69, 9.17) is 0 Å². The van der Waals surface area contributed by atoms with Gasteiger partial charge in [-0.05, 0) is 13.0 Å². The van der Waals surface area contributed by atoms with E-state index in [9.17, 15) is 0 Å². The molecule has 0 spiro atoms. The molecule has 0 unspecified atom stereocenters. The molecule has 0 aliphatic rings. The third-order valence-electron chi connectivity index (χ3n) is 2.18. The Morgan fingerprint density at radius 3 is 3.07 bits per heavy atom. The molecule has 0 atom stereocenters. The minimum atomic E-state index is 0.891. The van der Waals surface area contributed by atoms with Gasteiger partial charge in [0.15, 0.2) is 0 Å². The Bertz CT molecular complexity index is 597. The van der Waals surface area contributed by atoms with Crippen molar-refractivity contribution >= 4 is 21.6 Å². The second-order valence-corrected chi connectivity index (χ2v) is 4.48. The number of rotatable bonds is 1. The SMILES string of the molecule is Cc1cc2c(-n3ccnc3)ncnc2s1. The van der Waals surface area contributed by atoms with Crippen LogP contribution in [0.1, 0.15) is 4.88 Å². The van der Waals surface area contributed by atoms with Gasteiger partial charge in [-0.3, -0.25) is 4.57 Å². The van der Waals surface area contributed by atoms with Crippen LogP contribution in [0.2, 0.25) is 0 Å². The predicted molar refractivity (Wildman–Crippen MR) is 59.3 cm³/mol. The van der Waals surface area contributed by atoms with Crippen LogP contribution in [-0.2, 0) is 0 Å². The quantitative estimate of drug-likeness (QED) is 0.626. The number of aryl methyl sites for hydroxylation is 1. The van der Waals surface area contributed by atoms with Crippen LogP contribution in [0.15, 0.2) is 31.1 Å². The highest BCUT2D eigenvalue weighted by molar-refractivity contribution is 7.18. The lowest BCUT2D eigenvalue weighted by Gasteiger charge is -2.00. The lowest BCUT2D eigenvalue weighted by atomic mass is 10.3. The Kier molecular flexibility index (Phi) is 1.78. The van der Waals surface area contributed by atoms with E-state index in [1.807, 2.05) is 10.8 Å². The highest BCUT2D eigenvalue weighted by atomic mass is 32.1. The molecule has 0 amide bonds. The van der Waals surface area contributed by atoms with E-state index < -0.39 is 0 Å². The molecule has 3 aromatic rings. The fourth-order valence-electron chi connectivity index (χ4n) is 1.55. The highest BCUT2D eigenvalue weighted by Gasteiger charge is 2.07. The van der Waals surface area contributed by atoms with E-state index >= 15 is 0 Å². The van der Waals surface area contributed by atoms with Gasteiger partial charge in [-0.15, -0.1) is 11.3 Å². The summed E-state index contributed by atoms with van der Waals surface area (Å²) in [5.74, 6) is 0.891. The average Bonchev–Trinajstić information content (AvgIpc) is 2.82. The van der Waals surface area contributed by atoms with E-state index in [-0.39, 0.29) is 0 Å². The van der Waals surface area contributed by atoms with Crippen LogP contribution < -0.4 is 0 Å². The molecule has 0 saturated carbocycles. The molecule has 3 aromatic heterocycles. The van der Waals surface area contributed by atoms with Crippen LogP contribution in [0.25, 0.3) is 16.0 Å². The first-order chi connectivity index (χ1) is 7.34. The minimum Gasteiger partial charge on any atom is -0.290 e. The van der Waals surface area contributed by atoms with Crippen molar-refractivity contribution in [2.45, 2.75) is 6.92 Å². The minimum absolute atomic E-state index is 0.891. The normalized spacial score (nSPS) is 11.0. The van der Waals surface area contributed by atoms with Crippen LogP contribution in [0, 0.1) is 6.92 Å². The van der Waals surface area contributed by atoms with Crippen LogP contribution in [-0.4, -0.2) is 19.5 Å². The number of hydrogen-bond acceptors (Lipinski definition) is 4. The van der Waals surface area contributed by atoms with Crippen molar-refractivity contribution in [1.29, 1.82) is 0 Å². The van der Waals surface area contributed by atoms with Gasteiger partial charge in [0.05, 0.1) is 5.39 Å². The Labute approximate surface area is 90.3 Å². The number of imidazole rings is 1. The molecule has 0 radical (unpaired) electrons. The maximum absolute atomic E-state index is 4.28. The third kappa shape index (κ3) is 1.32. The molecule has 0 aliphatic heterocycles.